The molecule has 3 nitrogen and oxygen atoms in total. The molecule has 17 heavy (non-hydrogen) atoms. The fourth-order valence-electron chi connectivity index (χ4n) is 2.32. The first kappa shape index (κ1) is 10.3. The van der Waals surface area contributed by atoms with Gasteiger partial charge in [-0.2, -0.15) is 0 Å². The van der Waals surface area contributed by atoms with Gasteiger partial charge in [0.25, 0.3) is 0 Å². The van der Waals surface area contributed by atoms with Gasteiger partial charge in [0, 0.05) is 35.8 Å². The minimum Gasteiger partial charge on any atom is -0.345 e. The van der Waals surface area contributed by atoms with Gasteiger partial charge in [0.15, 0.2) is 0 Å². The first-order valence-corrected chi connectivity index (χ1v) is 5.84. The summed E-state index contributed by atoms with van der Waals surface area (Å²) in [6.45, 7) is 2.85. The molecule has 0 radical (unpaired) electrons. The number of pyridine rings is 1. The number of fused-ring (bicyclic) bond motifs is 3. The van der Waals surface area contributed by atoms with Crippen molar-refractivity contribution in [3.05, 3.63) is 42.7 Å². The maximum absolute atomic E-state index is 5.88. The van der Waals surface area contributed by atoms with E-state index in [1.54, 1.807) is 0 Å². The quantitative estimate of drug-likeness (QED) is 0.728. The van der Waals surface area contributed by atoms with Gasteiger partial charge in [-0.3, -0.25) is 4.98 Å². The monoisotopic (exact) mass is 225 g/mol. The lowest BCUT2D eigenvalue weighted by Gasteiger charge is -2.10. The van der Waals surface area contributed by atoms with Crippen LogP contribution in [0.2, 0.25) is 0 Å². The summed E-state index contributed by atoms with van der Waals surface area (Å²) in [5.41, 5.74) is 8.14. The fourth-order valence-corrected chi connectivity index (χ4v) is 2.32. The van der Waals surface area contributed by atoms with Gasteiger partial charge in [-0.15, -0.1) is 0 Å². The Morgan fingerprint density at radius 3 is 3.00 bits per heavy atom. The van der Waals surface area contributed by atoms with Gasteiger partial charge in [-0.25, -0.2) is 0 Å². The maximum atomic E-state index is 5.88. The lowest BCUT2D eigenvalue weighted by Crippen LogP contribution is -2.21. The SMILES string of the molecule is C[C@@H](N)Cn1ccc2ccc3ncccc3c21. The van der Waals surface area contributed by atoms with Crippen LogP contribution in [0, 0.1) is 0 Å². The summed E-state index contributed by atoms with van der Waals surface area (Å²) in [5.74, 6) is 0. The van der Waals surface area contributed by atoms with Crippen LogP contribution in [0.4, 0.5) is 0 Å². The predicted molar refractivity (Wildman–Crippen MR) is 70.9 cm³/mol. The molecule has 0 saturated carbocycles. The highest BCUT2D eigenvalue weighted by Gasteiger charge is 2.07. The summed E-state index contributed by atoms with van der Waals surface area (Å²) in [5, 5.41) is 2.43. The lowest BCUT2D eigenvalue weighted by molar-refractivity contribution is 0.606. The van der Waals surface area contributed by atoms with E-state index in [4.69, 9.17) is 5.73 Å². The first-order valence-electron chi connectivity index (χ1n) is 5.84. The van der Waals surface area contributed by atoms with Crippen LogP contribution in [0.1, 0.15) is 6.92 Å². The van der Waals surface area contributed by atoms with Crippen molar-refractivity contribution in [3.63, 3.8) is 0 Å². The van der Waals surface area contributed by atoms with Crippen molar-refractivity contribution in [1.82, 2.24) is 9.55 Å². The largest absolute Gasteiger partial charge is 0.345 e. The van der Waals surface area contributed by atoms with Crippen LogP contribution in [0.25, 0.3) is 21.8 Å². The van der Waals surface area contributed by atoms with Crippen molar-refractivity contribution in [2.24, 2.45) is 5.73 Å². The summed E-state index contributed by atoms with van der Waals surface area (Å²) < 4.78 is 2.21. The molecule has 86 valence electrons. The zero-order chi connectivity index (χ0) is 11.8. The molecule has 0 aliphatic heterocycles. The number of nitrogens with zero attached hydrogens (tertiary/aromatic N) is 2. The summed E-state index contributed by atoms with van der Waals surface area (Å²) >= 11 is 0. The minimum absolute atomic E-state index is 0.150. The summed E-state index contributed by atoms with van der Waals surface area (Å²) in [4.78, 5) is 4.39. The average molecular weight is 225 g/mol. The molecular weight excluding hydrogens is 210 g/mol. The summed E-state index contributed by atoms with van der Waals surface area (Å²) in [7, 11) is 0. The highest BCUT2D eigenvalue weighted by Crippen LogP contribution is 2.25. The third-order valence-electron chi connectivity index (χ3n) is 2.99. The Balaban J connectivity index is 2.34. The second kappa shape index (κ2) is 3.86. The number of nitrogens with two attached hydrogens (primary N) is 1. The second-order valence-electron chi connectivity index (χ2n) is 4.52. The van der Waals surface area contributed by atoms with Crippen molar-refractivity contribution in [1.29, 1.82) is 0 Å². The molecule has 2 heterocycles. The molecule has 2 aromatic heterocycles. The van der Waals surface area contributed by atoms with Crippen LogP contribution in [0.5, 0.6) is 0 Å². The van der Waals surface area contributed by atoms with E-state index in [0.717, 1.165) is 12.1 Å². The molecule has 3 rings (SSSR count). The zero-order valence-corrected chi connectivity index (χ0v) is 9.80. The van der Waals surface area contributed by atoms with Crippen LogP contribution in [-0.2, 0) is 6.54 Å². The van der Waals surface area contributed by atoms with E-state index in [1.165, 1.54) is 16.3 Å². The third kappa shape index (κ3) is 1.68. The van der Waals surface area contributed by atoms with Gasteiger partial charge in [-0.05, 0) is 31.2 Å². The molecule has 0 aliphatic carbocycles. The Kier molecular flexibility index (Phi) is 2.34. The average Bonchev–Trinajstić information content (AvgIpc) is 2.72. The number of hydrogen-bond acceptors (Lipinski definition) is 2. The standard InChI is InChI=1S/C14H15N3/c1-10(15)9-17-8-6-11-4-5-13-12(14(11)17)3-2-7-16-13/h2-8,10H,9,15H2,1H3/t10-/m1/s1. The Morgan fingerprint density at radius 1 is 1.29 bits per heavy atom. The van der Waals surface area contributed by atoms with Crippen LogP contribution in [0.15, 0.2) is 42.7 Å². The van der Waals surface area contributed by atoms with E-state index in [0.29, 0.717) is 0 Å². The molecule has 1 aromatic carbocycles. The van der Waals surface area contributed by atoms with E-state index < -0.39 is 0 Å². The van der Waals surface area contributed by atoms with Gasteiger partial charge in [0.05, 0.1) is 11.0 Å². The number of aromatic nitrogens is 2. The Bertz CT molecular complexity index is 667. The summed E-state index contributed by atoms with van der Waals surface area (Å²) in [6, 6.07) is 10.5. The smallest absolute Gasteiger partial charge is 0.0723 e. The van der Waals surface area contributed by atoms with Crippen molar-refractivity contribution < 1.29 is 0 Å². The Labute approximate surface area is 99.9 Å². The van der Waals surface area contributed by atoms with Crippen LogP contribution < -0.4 is 5.73 Å². The molecule has 0 unspecified atom stereocenters. The van der Waals surface area contributed by atoms with E-state index >= 15 is 0 Å². The van der Waals surface area contributed by atoms with Gasteiger partial charge in [0.2, 0.25) is 0 Å². The molecular formula is C14H15N3. The fraction of sp³-hybridized carbons (Fsp3) is 0.214. The number of rotatable bonds is 2. The van der Waals surface area contributed by atoms with Gasteiger partial charge < -0.3 is 10.3 Å². The van der Waals surface area contributed by atoms with E-state index in [2.05, 4.69) is 40.0 Å². The molecule has 0 amide bonds. The number of hydrogen-bond donors (Lipinski definition) is 1. The molecule has 3 aromatic rings. The van der Waals surface area contributed by atoms with E-state index in [9.17, 15) is 0 Å². The van der Waals surface area contributed by atoms with Crippen molar-refractivity contribution in [2.45, 2.75) is 19.5 Å². The highest BCUT2D eigenvalue weighted by molar-refractivity contribution is 6.04. The Hall–Kier alpha value is -1.87. The summed E-state index contributed by atoms with van der Waals surface area (Å²) in [6.07, 6.45) is 3.92. The molecule has 0 spiro atoms. The van der Waals surface area contributed by atoms with E-state index in [1.807, 2.05) is 19.2 Å². The predicted octanol–water partition coefficient (Wildman–Crippen LogP) is 2.54. The Morgan fingerprint density at radius 2 is 2.18 bits per heavy atom. The molecule has 0 bridgehead atoms. The van der Waals surface area contributed by atoms with Gasteiger partial charge in [-0.1, -0.05) is 6.07 Å². The zero-order valence-electron chi connectivity index (χ0n) is 9.80. The molecule has 2 N–H and O–H groups in total. The van der Waals surface area contributed by atoms with Crippen molar-refractivity contribution >= 4 is 21.8 Å². The third-order valence-corrected chi connectivity index (χ3v) is 2.99. The first-order chi connectivity index (χ1) is 8.25. The van der Waals surface area contributed by atoms with Crippen LogP contribution in [0.3, 0.4) is 0 Å². The molecule has 0 saturated heterocycles. The highest BCUT2D eigenvalue weighted by atomic mass is 15.0. The van der Waals surface area contributed by atoms with Crippen molar-refractivity contribution in [3.8, 4) is 0 Å². The van der Waals surface area contributed by atoms with Crippen molar-refractivity contribution in [2.75, 3.05) is 0 Å². The van der Waals surface area contributed by atoms with Crippen LogP contribution in [-0.4, -0.2) is 15.6 Å². The second-order valence-corrected chi connectivity index (χ2v) is 4.52. The topological polar surface area (TPSA) is 43.8 Å². The number of benzene rings is 1. The molecule has 1 atom stereocenters. The van der Waals surface area contributed by atoms with Gasteiger partial charge >= 0.3 is 0 Å². The lowest BCUT2D eigenvalue weighted by atomic mass is 10.1. The minimum atomic E-state index is 0.150. The molecule has 0 fully saturated rings. The van der Waals surface area contributed by atoms with E-state index in [-0.39, 0.29) is 6.04 Å². The van der Waals surface area contributed by atoms with Crippen LogP contribution >= 0.6 is 0 Å². The normalized spacial score (nSPS) is 13.3. The van der Waals surface area contributed by atoms with Gasteiger partial charge in [0.1, 0.15) is 0 Å². The molecule has 0 aliphatic rings. The molecule has 3 heteroatoms. The maximum Gasteiger partial charge on any atom is 0.0723 e.